The molecule has 2 saturated heterocycles. The molecule has 3 heterocycles. The average molecular weight is 332 g/mol. The van der Waals surface area contributed by atoms with Crippen molar-refractivity contribution in [2.45, 2.75) is 43.7 Å². The minimum absolute atomic E-state index is 0.00305. The molecule has 1 aromatic rings. The summed E-state index contributed by atoms with van der Waals surface area (Å²) in [6.45, 7) is 1.59. The third-order valence-corrected chi connectivity index (χ3v) is 4.69. The molecule has 2 amide bonds. The SMILES string of the molecule is O=C(NC1CN(C(=O)[C@H]2CCCO2)C1)c1cc(=O)[nH]c(C2CC2)n1. The normalized spacial score (nSPS) is 23.8. The highest BCUT2D eigenvalue weighted by molar-refractivity contribution is 5.92. The Hall–Kier alpha value is -2.22. The largest absolute Gasteiger partial charge is 0.368 e. The van der Waals surface area contributed by atoms with Gasteiger partial charge in [-0.15, -0.1) is 0 Å². The molecule has 0 aromatic carbocycles. The second-order valence-corrected chi connectivity index (χ2v) is 6.71. The molecule has 24 heavy (non-hydrogen) atoms. The summed E-state index contributed by atoms with van der Waals surface area (Å²) in [6.07, 6.45) is 3.36. The van der Waals surface area contributed by atoms with E-state index in [9.17, 15) is 14.4 Å². The average Bonchev–Trinajstić information content (AvgIpc) is 3.23. The van der Waals surface area contributed by atoms with Gasteiger partial charge in [-0.25, -0.2) is 4.98 Å². The molecule has 3 fully saturated rings. The first-order valence-electron chi connectivity index (χ1n) is 8.42. The lowest BCUT2D eigenvalue weighted by atomic mass is 10.1. The summed E-state index contributed by atoms with van der Waals surface area (Å²) in [6, 6.07) is 1.11. The lowest BCUT2D eigenvalue weighted by Crippen LogP contribution is -2.62. The smallest absolute Gasteiger partial charge is 0.270 e. The van der Waals surface area contributed by atoms with Crippen molar-refractivity contribution in [2.75, 3.05) is 19.7 Å². The lowest BCUT2D eigenvalue weighted by molar-refractivity contribution is -0.145. The summed E-state index contributed by atoms with van der Waals surface area (Å²) in [7, 11) is 0. The van der Waals surface area contributed by atoms with E-state index in [1.54, 1.807) is 4.90 Å². The van der Waals surface area contributed by atoms with Crippen LogP contribution in [-0.4, -0.2) is 58.5 Å². The predicted octanol–water partition coefficient (Wildman–Crippen LogP) is -0.233. The number of aromatic amines is 1. The highest BCUT2D eigenvalue weighted by Gasteiger charge is 2.37. The van der Waals surface area contributed by atoms with Gasteiger partial charge in [0.05, 0.1) is 6.04 Å². The van der Waals surface area contributed by atoms with Gasteiger partial charge >= 0.3 is 0 Å². The second kappa shape index (κ2) is 6.01. The van der Waals surface area contributed by atoms with E-state index in [1.165, 1.54) is 6.07 Å². The highest BCUT2D eigenvalue weighted by Crippen LogP contribution is 2.37. The van der Waals surface area contributed by atoms with Gasteiger partial charge in [0.1, 0.15) is 17.6 Å². The molecule has 0 radical (unpaired) electrons. The van der Waals surface area contributed by atoms with Crippen LogP contribution in [0.1, 0.15) is 47.9 Å². The third-order valence-electron chi connectivity index (χ3n) is 4.69. The third kappa shape index (κ3) is 3.06. The molecule has 0 unspecified atom stereocenters. The van der Waals surface area contributed by atoms with Crippen molar-refractivity contribution in [2.24, 2.45) is 0 Å². The van der Waals surface area contributed by atoms with Crippen molar-refractivity contribution >= 4 is 11.8 Å². The summed E-state index contributed by atoms with van der Waals surface area (Å²) < 4.78 is 5.39. The molecule has 8 nitrogen and oxygen atoms in total. The predicted molar refractivity (Wildman–Crippen MR) is 83.6 cm³/mol. The number of hydrogen-bond acceptors (Lipinski definition) is 5. The van der Waals surface area contributed by atoms with Crippen LogP contribution < -0.4 is 10.9 Å². The number of rotatable bonds is 4. The van der Waals surface area contributed by atoms with E-state index in [4.69, 9.17) is 4.74 Å². The summed E-state index contributed by atoms with van der Waals surface area (Å²) in [5.41, 5.74) is -0.162. The summed E-state index contributed by atoms with van der Waals surface area (Å²) in [4.78, 5) is 44.7. The van der Waals surface area contributed by atoms with E-state index < -0.39 is 0 Å². The van der Waals surface area contributed by atoms with Crippen LogP contribution in [0.2, 0.25) is 0 Å². The molecular formula is C16H20N4O4. The van der Waals surface area contributed by atoms with Crippen LogP contribution in [0.25, 0.3) is 0 Å². The van der Waals surface area contributed by atoms with Crippen molar-refractivity contribution in [3.8, 4) is 0 Å². The maximum atomic E-state index is 12.3. The maximum Gasteiger partial charge on any atom is 0.270 e. The summed E-state index contributed by atoms with van der Waals surface area (Å²) >= 11 is 0. The van der Waals surface area contributed by atoms with E-state index in [0.29, 0.717) is 25.5 Å². The number of hydrogen-bond donors (Lipinski definition) is 2. The number of aromatic nitrogens is 2. The number of nitrogens with zero attached hydrogens (tertiary/aromatic N) is 2. The van der Waals surface area contributed by atoms with E-state index in [1.807, 2.05) is 0 Å². The van der Waals surface area contributed by atoms with Crippen LogP contribution in [0.5, 0.6) is 0 Å². The first-order valence-corrected chi connectivity index (χ1v) is 8.42. The fraction of sp³-hybridized carbons (Fsp3) is 0.625. The minimum atomic E-state index is -0.364. The van der Waals surface area contributed by atoms with Crippen molar-refractivity contribution in [1.29, 1.82) is 0 Å². The fourth-order valence-corrected chi connectivity index (χ4v) is 3.13. The zero-order valence-corrected chi connectivity index (χ0v) is 13.3. The van der Waals surface area contributed by atoms with Gasteiger partial charge in [0.25, 0.3) is 17.4 Å². The van der Waals surface area contributed by atoms with Crippen molar-refractivity contribution < 1.29 is 14.3 Å². The number of carbonyl (C=O) groups excluding carboxylic acids is 2. The molecule has 3 aliphatic rings. The number of likely N-dealkylation sites (tertiary alicyclic amines) is 1. The van der Waals surface area contributed by atoms with E-state index in [0.717, 1.165) is 25.7 Å². The number of ether oxygens (including phenoxy) is 1. The Balaban J connectivity index is 1.33. The van der Waals surface area contributed by atoms with E-state index in [2.05, 4.69) is 15.3 Å². The summed E-state index contributed by atoms with van der Waals surface area (Å²) in [5, 5.41) is 2.83. The van der Waals surface area contributed by atoms with Crippen LogP contribution >= 0.6 is 0 Å². The molecular weight excluding hydrogens is 312 g/mol. The monoisotopic (exact) mass is 332 g/mol. The Morgan fingerprint density at radius 1 is 1.29 bits per heavy atom. The van der Waals surface area contributed by atoms with Crippen LogP contribution in [-0.2, 0) is 9.53 Å². The van der Waals surface area contributed by atoms with Gasteiger partial charge in [0.2, 0.25) is 0 Å². The molecule has 0 spiro atoms. The van der Waals surface area contributed by atoms with Crippen molar-refractivity contribution in [3.63, 3.8) is 0 Å². The van der Waals surface area contributed by atoms with Gasteiger partial charge in [-0.2, -0.15) is 0 Å². The van der Waals surface area contributed by atoms with Gasteiger partial charge in [-0.3, -0.25) is 14.4 Å². The van der Waals surface area contributed by atoms with Gasteiger partial charge in [-0.05, 0) is 25.7 Å². The molecule has 1 aliphatic carbocycles. The maximum absolute atomic E-state index is 12.3. The second-order valence-electron chi connectivity index (χ2n) is 6.71. The molecule has 1 saturated carbocycles. The topological polar surface area (TPSA) is 104 Å². The zero-order chi connectivity index (χ0) is 16.7. The number of amides is 2. The Bertz CT molecular complexity index is 715. The molecule has 2 N–H and O–H groups in total. The molecule has 2 aliphatic heterocycles. The quantitative estimate of drug-likeness (QED) is 0.792. The van der Waals surface area contributed by atoms with E-state index >= 15 is 0 Å². The van der Waals surface area contributed by atoms with Gasteiger partial charge in [-0.1, -0.05) is 0 Å². The van der Waals surface area contributed by atoms with Crippen LogP contribution in [0.3, 0.4) is 0 Å². The Morgan fingerprint density at radius 2 is 2.08 bits per heavy atom. The van der Waals surface area contributed by atoms with Gasteiger partial charge in [0, 0.05) is 31.7 Å². The van der Waals surface area contributed by atoms with Crippen LogP contribution in [0.15, 0.2) is 10.9 Å². The molecule has 1 aromatic heterocycles. The molecule has 128 valence electrons. The van der Waals surface area contributed by atoms with Crippen molar-refractivity contribution in [3.05, 3.63) is 27.9 Å². The Labute approximate surface area is 138 Å². The molecule has 1 atom stereocenters. The number of carbonyl (C=O) groups is 2. The van der Waals surface area contributed by atoms with E-state index in [-0.39, 0.29) is 41.1 Å². The number of H-pyrrole nitrogens is 1. The first-order chi connectivity index (χ1) is 11.6. The molecule has 4 rings (SSSR count). The Kier molecular flexibility index (Phi) is 3.84. The van der Waals surface area contributed by atoms with Gasteiger partial charge < -0.3 is 19.9 Å². The first kappa shape index (κ1) is 15.3. The number of nitrogens with one attached hydrogen (secondary N) is 2. The van der Waals surface area contributed by atoms with Crippen LogP contribution in [0, 0.1) is 0 Å². The zero-order valence-electron chi connectivity index (χ0n) is 13.3. The lowest BCUT2D eigenvalue weighted by Gasteiger charge is -2.40. The standard InChI is InChI=1S/C16H20N4O4/c21-13-6-11(18-14(19-13)9-3-4-9)15(22)17-10-7-20(8-10)16(23)12-2-1-5-24-12/h6,9-10,12H,1-5,7-8H2,(H,17,22)(H,18,19,21)/t12-/m1/s1. The molecule has 8 heteroatoms. The fourth-order valence-electron chi connectivity index (χ4n) is 3.13. The molecule has 0 bridgehead atoms. The van der Waals surface area contributed by atoms with Crippen LogP contribution in [0.4, 0.5) is 0 Å². The van der Waals surface area contributed by atoms with Gasteiger partial charge in [0.15, 0.2) is 0 Å². The summed E-state index contributed by atoms with van der Waals surface area (Å²) in [5.74, 6) is 0.505. The highest BCUT2D eigenvalue weighted by atomic mass is 16.5. The minimum Gasteiger partial charge on any atom is -0.368 e. The Morgan fingerprint density at radius 3 is 2.75 bits per heavy atom. The van der Waals surface area contributed by atoms with Crippen molar-refractivity contribution in [1.82, 2.24) is 20.2 Å².